The van der Waals surface area contributed by atoms with Crippen molar-refractivity contribution < 1.29 is 8.42 Å². The van der Waals surface area contributed by atoms with Crippen molar-refractivity contribution in [3.63, 3.8) is 0 Å². The Bertz CT molecular complexity index is 929. The fourth-order valence-corrected chi connectivity index (χ4v) is 5.82. The lowest BCUT2D eigenvalue weighted by Gasteiger charge is -2.32. The number of hydrogen-bond donors (Lipinski definition) is 0. The Morgan fingerprint density at radius 2 is 1.57 bits per heavy atom. The highest BCUT2D eigenvalue weighted by Gasteiger charge is 2.33. The van der Waals surface area contributed by atoms with E-state index in [1.807, 2.05) is 18.2 Å². The predicted octanol–water partition coefficient (Wildman–Crippen LogP) is 2.81. The van der Waals surface area contributed by atoms with Crippen molar-refractivity contribution in [2.24, 2.45) is 0 Å². The first-order valence-electron chi connectivity index (χ1n) is 10.1. The molecule has 0 unspecified atom stereocenters. The maximum Gasteiger partial charge on any atom is 0.282 e. The van der Waals surface area contributed by atoms with Crippen LogP contribution in [0.15, 0.2) is 48.5 Å². The van der Waals surface area contributed by atoms with E-state index in [9.17, 15) is 8.42 Å². The molecule has 0 saturated carbocycles. The number of aryl methyl sites for hydroxylation is 1. The SMILES string of the molecule is Cc1ccccc1CN1CCCN(S(=O)(=O)N2CCc3ccccc3C2)CC1. The van der Waals surface area contributed by atoms with Gasteiger partial charge in [-0.1, -0.05) is 48.5 Å². The van der Waals surface area contributed by atoms with Gasteiger partial charge in [0.05, 0.1) is 0 Å². The van der Waals surface area contributed by atoms with E-state index in [2.05, 4.69) is 42.2 Å². The maximum atomic E-state index is 13.3. The third-order valence-corrected chi connectivity index (χ3v) is 7.93. The topological polar surface area (TPSA) is 43.9 Å². The molecule has 150 valence electrons. The molecule has 2 aromatic rings. The lowest BCUT2D eigenvalue weighted by molar-refractivity contribution is 0.274. The third kappa shape index (κ3) is 4.15. The van der Waals surface area contributed by atoms with Crippen LogP contribution in [0.25, 0.3) is 0 Å². The van der Waals surface area contributed by atoms with E-state index < -0.39 is 10.2 Å². The Morgan fingerprint density at radius 1 is 0.821 bits per heavy atom. The summed E-state index contributed by atoms with van der Waals surface area (Å²) in [6.07, 6.45) is 1.66. The van der Waals surface area contributed by atoms with Gasteiger partial charge in [0.15, 0.2) is 0 Å². The summed E-state index contributed by atoms with van der Waals surface area (Å²) in [6, 6.07) is 16.6. The van der Waals surface area contributed by atoms with Crippen molar-refractivity contribution in [1.29, 1.82) is 0 Å². The van der Waals surface area contributed by atoms with Gasteiger partial charge in [-0.3, -0.25) is 4.90 Å². The summed E-state index contributed by atoms with van der Waals surface area (Å²) in [6.45, 7) is 6.96. The van der Waals surface area contributed by atoms with Gasteiger partial charge >= 0.3 is 0 Å². The Kier molecular flexibility index (Phi) is 5.83. The molecule has 4 rings (SSSR count). The minimum atomic E-state index is -3.42. The molecule has 6 heteroatoms. The average molecular weight is 400 g/mol. The van der Waals surface area contributed by atoms with Crippen LogP contribution in [-0.4, -0.2) is 54.7 Å². The fraction of sp³-hybridized carbons (Fsp3) is 0.455. The molecule has 0 spiro atoms. The normalized spacial score (nSPS) is 19.9. The van der Waals surface area contributed by atoms with Crippen molar-refractivity contribution in [2.75, 3.05) is 32.7 Å². The zero-order chi connectivity index (χ0) is 19.6. The summed E-state index contributed by atoms with van der Waals surface area (Å²) in [4.78, 5) is 2.38. The van der Waals surface area contributed by atoms with Gasteiger partial charge in [-0.15, -0.1) is 0 Å². The van der Waals surface area contributed by atoms with Crippen LogP contribution in [0.5, 0.6) is 0 Å². The molecule has 2 aliphatic rings. The number of benzene rings is 2. The van der Waals surface area contributed by atoms with E-state index in [1.54, 1.807) is 8.61 Å². The van der Waals surface area contributed by atoms with Gasteiger partial charge in [-0.25, -0.2) is 0 Å². The average Bonchev–Trinajstić information content (AvgIpc) is 2.95. The molecule has 0 bridgehead atoms. The van der Waals surface area contributed by atoms with Crippen LogP contribution in [0, 0.1) is 6.92 Å². The summed E-state index contributed by atoms with van der Waals surface area (Å²) in [7, 11) is -3.42. The minimum Gasteiger partial charge on any atom is -0.298 e. The quantitative estimate of drug-likeness (QED) is 0.794. The summed E-state index contributed by atoms with van der Waals surface area (Å²) >= 11 is 0. The lowest BCUT2D eigenvalue weighted by atomic mass is 10.0. The van der Waals surface area contributed by atoms with Gasteiger partial charge in [0.25, 0.3) is 10.2 Å². The van der Waals surface area contributed by atoms with Crippen LogP contribution in [0.3, 0.4) is 0 Å². The van der Waals surface area contributed by atoms with Crippen LogP contribution in [-0.2, 0) is 29.7 Å². The molecule has 0 atom stereocenters. The molecule has 0 amide bonds. The summed E-state index contributed by atoms with van der Waals surface area (Å²) in [5.41, 5.74) is 5.03. The molecule has 0 radical (unpaired) electrons. The van der Waals surface area contributed by atoms with Crippen LogP contribution >= 0.6 is 0 Å². The molecule has 5 nitrogen and oxygen atoms in total. The Labute approximate surface area is 168 Å². The first-order valence-corrected chi connectivity index (χ1v) is 11.5. The monoisotopic (exact) mass is 399 g/mol. The maximum absolute atomic E-state index is 13.3. The van der Waals surface area contributed by atoms with E-state index in [1.165, 1.54) is 16.7 Å². The molecule has 28 heavy (non-hydrogen) atoms. The number of hydrogen-bond acceptors (Lipinski definition) is 3. The highest BCUT2D eigenvalue weighted by molar-refractivity contribution is 7.86. The van der Waals surface area contributed by atoms with Gasteiger partial charge in [-0.2, -0.15) is 17.0 Å². The zero-order valence-corrected chi connectivity index (χ0v) is 17.4. The molecule has 1 fully saturated rings. The van der Waals surface area contributed by atoms with Crippen molar-refractivity contribution in [3.8, 4) is 0 Å². The second-order valence-corrected chi connectivity index (χ2v) is 9.74. The zero-order valence-electron chi connectivity index (χ0n) is 16.5. The highest BCUT2D eigenvalue weighted by Crippen LogP contribution is 2.23. The second-order valence-electron chi connectivity index (χ2n) is 7.82. The fourth-order valence-electron chi connectivity index (χ4n) is 4.19. The van der Waals surface area contributed by atoms with E-state index in [4.69, 9.17) is 0 Å². The minimum absolute atomic E-state index is 0.488. The standard InChI is InChI=1S/C22H29N3O2S/c1-19-7-2-3-9-21(19)17-23-12-6-13-24(16-15-23)28(26,27)25-14-11-20-8-4-5-10-22(20)18-25/h2-5,7-10H,6,11-18H2,1H3. The third-order valence-electron chi connectivity index (χ3n) is 5.95. The lowest BCUT2D eigenvalue weighted by Crippen LogP contribution is -2.47. The van der Waals surface area contributed by atoms with E-state index in [0.717, 1.165) is 38.0 Å². The summed E-state index contributed by atoms with van der Waals surface area (Å²) in [5.74, 6) is 0. The summed E-state index contributed by atoms with van der Waals surface area (Å²) in [5, 5.41) is 0. The van der Waals surface area contributed by atoms with Crippen LogP contribution in [0.1, 0.15) is 28.7 Å². The first kappa shape index (κ1) is 19.6. The molecule has 2 aromatic carbocycles. The smallest absolute Gasteiger partial charge is 0.282 e. The number of fused-ring (bicyclic) bond motifs is 1. The Balaban J connectivity index is 1.42. The molecular formula is C22H29N3O2S. The van der Waals surface area contributed by atoms with Gasteiger partial charge < -0.3 is 0 Å². The van der Waals surface area contributed by atoms with E-state index >= 15 is 0 Å². The predicted molar refractivity (Wildman–Crippen MR) is 112 cm³/mol. The number of rotatable bonds is 4. The van der Waals surface area contributed by atoms with Crippen molar-refractivity contribution in [3.05, 3.63) is 70.8 Å². The number of nitrogens with zero attached hydrogens (tertiary/aromatic N) is 3. The van der Waals surface area contributed by atoms with Gasteiger partial charge in [0, 0.05) is 39.3 Å². The van der Waals surface area contributed by atoms with Crippen LogP contribution in [0.2, 0.25) is 0 Å². The van der Waals surface area contributed by atoms with Crippen LogP contribution in [0.4, 0.5) is 0 Å². The van der Waals surface area contributed by atoms with E-state index in [0.29, 0.717) is 26.2 Å². The van der Waals surface area contributed by atoms with E-state index in [-0.39, 0.29) is 0 Å². The van der Waals surface area contributed by atoms with Gasteiger partial charge in [-0.05, 0) is 48.6 Å². The van der Waals surface area contributed by atoms with Crippen molar-refractivity contribution in [1.82, 2.24) is 13.5 Å². The second kappa shape index (κ2) is 8.33. The Morgan fingerprint density at radius 3 is 2.39 bits per heavy atom. The van der Waals surface area contributed by atoms with Crippen LogP contribution < -0.4 is 0 Å². The van der Waals surface area contributed by atoms with Crippen molar-refractivity contribution >= 4 is 10.2 Å². The highest BCUT2D eigenvalue weighted by atomic mass is 32.2. The summed E-state index contributed by atoms with van der Waals surface area (Å²) < 4.78 is 29.9. The van der Waals surface area contributed by atoms with Gasteiger partial charge in [0.1, 0.15) is 0 Å². The van der Waals surface area contributed by atoms with Gasteiger partial charge in [0.2, 0.25) is 0 Å². The molecule has 0 N–H and O–H groups in total. The molecule has 1 saturated heterocycles. The van der Waals surface area contributed by atoms with Crippen molar-refractivity contribution in [2.45, 2.75) is 32.9 Å². The molecule has 0 aromatic heterocycles. The Hall–Kier alpha value is -1.73. The molecule has 0 aliphatic carbocycles. The molecule has 2 heterocycles. The molecular weight excluding hydrogens is 370 g/mol. The largest absolute Gasteiger partial charge is 0.298 e. The molecule has 2 aliphatic heterocycles. The first-order chi connectivity index (χ1) is 13.5.